The molecule has 1 fully saturated rings. The van der Waals surface area contributed by atoms with Crippen LogP contribution in [-0.4, -0.2) is 68.2 Å². The lowest BCUT2D eigenvalue weighted by Crippen LogP contribution is -2.50. The maximum absolute atomic E-state index is 11.8. The van der Waals surface area contributed by atoms with E-state index < -0.39 is 6.04 Å². The highest BCUT2D eigenvalue weighted by molar-refractivity contribution is 5.87. The molecule has 1 aliphatic rings. The number of nitrogens with two attached hydrogens (primary N) is 1. The summed E-state index contributed by atoms with van der Waals surface area (Å²) < 4.78 is 5.67. The van der Waals surface area contributed by atoms with Gasteiger partial charge in [0.05, 0.1) is 25.3 Å². The molecule has 134 valence electrons. The first kappa shape index (κ1) is 19.9. The normalized spacial score (nSPS) is 20.6. The fourth-order valence-electron chi connectivity index (χ4n) is 2.46. The van der Waals surface area contributed by atoms with Gasteiger partial charge in [-0.05, 0) is 11.8 Å². The molecule has 4 N–H and O–H groups in total. The van der Waals surface area contributed by atoms with Gasteiger partial charge in [0.15, 0.2) is 0 Å². The Labute approximate surface area is 139 Å². The summed E-state index contributed by atoms with van der Waals surface area (Å²) in [7, 11) is 0. The smallest absolute Gasteiger partial charge is 0.239 e. The molecule has 1 aliphatic heterocycles. The third-order valence-electron chi connectivity index (χ3n) is 3.82. The number of ether oxygens (including phenoxy) is 1. The summed E-state index contributed by atoms with van der Waals surface area (Å²) in [5, 5.41) is 5.36. The van der Waals surface area contributed by atoms with Crippen LogP contribution in [0.15, 0.2) is 0 Å². The molecule has 2 atom stereocenters. The molecule has 1 rings (SSSR count). The van der Waals surface area contributed by atoms with Crippen molar-refractivity contribution >= 4 is 11.8 Å². The van der Waals surface area contributed by atoms with Crippen molar-refractivity contribution in [2.24, 2.45) is 17.6 Å². The van der Waals surface area contributed by atoms with Crippen molar-refractivity contribution in [2.45, 2.75) is 39.8 Å². The highest BCUT2D eigenvalue weighted by Gasteiger charge is 2.22. The molecule has 1 heterocycles. The van der Waals surface area contributed by atoms with Crippen LogP contribution in [0.2, 0.25) is 0 Å². The van der Waals surface area contributed by atoms with Crippen LogP contribution in [0.3, 0.4) is 0 Å². The molecule has 0 aromatic carbocycles. The topological polar surface area (TPSA) is 96.7 Å². The van der Waals surface area contributed by atoms with Crippen molar-refractivity contribution in [2.75, 3.05) is 39.3 Å². The maximum Gasteiger partial charge on any atom is 0.239 e. The molecular weight excluding hydrogens is 296 g/mol. The van der Waals surface area contributed by atoms with Gasteiger partial charge in [-0.25, -0.2) is 0 Å². The van der Waals surface area contributed by atoms with Gasteiger partial charge in [0, 0.05) is 26.2 Å². The zero-order valence-electron chi connectivity index (χ0n) is 14.8. The van der Waals surface area contributed by atoms with Crippen LogP contribution in [0.4, 0.5) is 0 Å². The first-order valence-corrected chi connectivity index (χ1v) is 8.43. The molecule has 0 aliphatic carbocycles. The Morgan fingerprint density at radius 3 is 2.57 bits per heavy atom. The zero-order chi connectivity index (χ0) is 17.4. The standard InChI is InChI=1S/C16H32N4O3/c1-11(2)9-20-5-6-23-13(10-20)7-18-14(21)8-19-16(22)15(17)12(3)4/h11-13,15H,5-10,17H2,1-4H3,(H,18,21)(H,19,22)/t13?,15-/m0/s1. The summed E-state index contributed by atoms with van der Waals surface area (Å²) in [5.41, 5.74) is 5.72. The fraction of sp³-hybridized carbons (Fsp3) is 0.875. The van der Waals surface area contributed by atoms with E-state index >= 15 is 0 Å². The summed E-state index contributed by atoms with van der Waals surface area (Å²) in [4.78, 5) is 25.9. The second kappa shape index (κ2) is 9.85. The molecule has 0 radical (unpaired) electrons. The van der Waals surface area contributed by atoms with Crippen molar-refractivity contribution in [3.05, 3.63) is 0 Å². The van der Waals surface area contributed by atoms with Gasteiger partial charge in [-0.2, -0.15) is 0 Å². The largest absolute Gasteiger partial charge is 0.374 e. The van der Waals surface area contributed by atoms with Crippen LogP contribution >= 0.6 is 0 Å². The van der Waals surface area contributed by atoms with E-state index in [4.69, 9.17) is 10.5 Å². The van der Waals surface area contributed by atoms with Gasteiger partial charge in [-0.15, -0.1) is 0 Å². The summed E-state index contributed by atoms with van der Waals surface area (Å²) in [6, 6.07) is -0.589. The molecule has 0 aromatic heterocycles. The molecular formula is C16H32N4O3. The van der Waals surface area contributed by atoms with Crippen LogP contribution in [0, 0.1) is 11.8 Å². The first-order chi connectivity index (χ1) is 10.8. The first-order valence-electron chi connectivity index (χ1n) is 8.43. The van der Waals surface area contributed by atoms with Gasteiger partial charge in [-0.1, -0.05) is 27.7 Å². The van der Waals surface area contributed by atoms with E-state index in [2.05, 4.69) is 29.4 Å². The summed E-state index contributed by atoms with van der Waals surface area (Å²) in [6.07, 6.45) is 0.0000671. The molecule has 7 nitrogen and oxygen atoms in total. The second-order valence-corrected chi connectivity index (χ2v) is 6.94. The Bertz CT molecular complexity index is 388. The molecule has 0 aromatic rings. The number of nitrogens with zero attached hydrogens (tertiary/aromatic N) is 1. The molecule has 2 amide bonds. The van der Waals surface area contributed by atoms with Crippen molar-refractivity contribution < 1.29 is 14.3 Å². The Kier molecular flexibility index (Phi) is 8.51. The van der Waals surface area contributed by atoms with Crippen molar-refractivity contribution in [3.8, 4) is 0 Å². The number of carbonyl (C=O) groups excluding carboxylic acids is 2. The highest BCUT2D eigenvalue weighted by atomic mass is 16.5. The number of hydrogen-bond donors (Lipinski definition) is 3. The van der Waals surface area contributed by atoms with Crippen molar-refractivity contribution in [1.82, 2.24) is 15.5 Å². The highest BCUT2D eigenvalue weighted by Crippen LogP contribution is 2.07. The average molecular weight is 328 g/mol. The SMILES string of the molecule is CC(C)CN1CCOC(CNC(=O)CNC(=O)[C@@H](N)C(C)C)C1. The molecule has 1 saturated heterocycles. The Morgan fingerprint density at radius 2 is 1.96 bits per heavy atom. The van der Waals surface area contributed by atoms with Crippen LogP contribution in [-0.2, 0) is 14.3 Å². The van der Waals surface area contributed by atoms with Gasteiger partial charge in [0.2, 0.25) is 11.8 Å². The van der Waals surface area contributed by atoms with E-state index in [-0.39, 0.29) is 30.4 Å². The molecule has 7 heteroatoms. The van der Waals surface area contributed by atoms with E-state index in [0.717, 1.165) is 19.6 Å². The minimum absolute atomic E-state index is 0.0000671. The fourth-order valence-corrected chi connectivity index (χ4v) is 2.46. The Morgan fingerprint density at radius 1 is 1.26 bits per heavy atom. The van der Waals surface area contributed by atoms with Crippen LogP contribution < -0.4 is 16.4 Å². The van der Waals surface area contributed by atoms with Crippen LogP contribution in [0.1, 0.15) is 27.7 Å². The van der Waals surface area contributed by atoms with E-state index in [9.17, 15) is 9.59 Å². The minimum Gasteiger partial charge on any atom is -0.374 e. The van der Waals surface area contributed by atoms with E-state index in [1.54, 1.807) is 0 Å². The summed E-state index contributed by atoms with van der Waals surface area (Å²) in [6.45, 7) is 12.0. The summed E-state index contributed by atoms with van der Waals surface area (Å²) >= 11 is 0. The number of nitrogens with one attached hydrogen (secondary N) is 2. The Hall–Kier alpha value is -1.18. The zero-order valence-corrected chi connectivity index (χ0v) is 14.8. The summed E-state index contributed by atoms with van der Waals surface area (Å²) in [5.74, 6) is 0.135. The van der Waals surface area contributed by atoms with E-state index in [1.807, 2.05) is 13.8 Å². The lowest BCUT2D eigenvalue weighted by atomic mass is 10.1. The maximum atomic E-state index is 11.8. The quantitative estimate of drug-likeness (QED) is 0.561. The number of amides is 2. The van der Waals surface area contributed by atoms with Gasteiger partial charge >= 0.3 is 0 Å². The molecule has 1 unspecified atom stereocenters. The molecule has 0 saturated carbocycles. The van der Waals surface area contributed by atoms with Crippen molar-refractivity contribution in [3.63, 3.8) is 0 Å². The predicted molar refractivity (Wildman–Crippen MR) is 89.9 cm³/mol. The predicted octanol–water partition coefficient (Wildman–Crippen LogP) is -0.441. The van der Waals surface area contributed by atoms with Crippen LogP contribution in [0.5, 0.6) is 0 Å². The third kappa shape index (κ3) is 7.76. The molecule has 0 bridgehead atoms. The van der Waals surface area contributed by atoms with Gasteiger partial charge in [0.1, 0.15) is 0 Å². The number of carbonyl (C=O) groups is 2. The van der Waals surface area contributed by atoms with Gasteiger partial charge in [-0.3, -0.25) is 14.5 Å². The number of hydrogen-bond acceptors (Lipinski definition) is 5. The van der Waals surface area contributed by atoms with E-state index in [0.29, 0.717) is 19.1 Å². The molecule has 23 heavy (non-hydrogen) atoms. The van der Waals surface area contributed by atoms with Crippen molar-refractivity contribution in [1.29, 1.82) is 0 Å². The minimum atomic E-state index is -0.589. The Balaban J connectivity index is 2.24. The monoisotopic (exact) mass is 328 g/mol. The number of morpholine rings is 1. The van der Waals surface area contributed by atoms with Gasteiger partial charge < -0.3 is 21.1 Å². The van der Waals surface area contributed by atoms with E-state index in [1.165, 1.54) is 0 Å². The van der Waals surface area contributed by atoms with Gasteiger partial charge in [0.25, 0.3) is 0 Å². The number of rotatable bonds is 8. The van der Waals surface area contributed by atoms with Crippen LogP contribution in [0.25, 0.3) is 0 Å². The third-order valence-corrected chi connectivity index (χ3v) is 3.82. The lowest BCUT2D eigenvalue weighted by molar-refractivity contribution is -0.127. The molecule has 0 spiro atoms. The lowest BCUT2D eigenvalue weighted by Gasteiger charge is -2.33. The average Bonchev–Trinajstić information content (AvgIpc) is 2.49. The second-order valence-electron chi connectivity index (χ2n) is 6.94.